The van der Waals surface area contributed by atoms with Crippen LogP contribution in [0.2, 0.25) is 5.02 Å². The van der Waals surface area contributed by atoms with Gasteiger partial charge < -0.3 is 5.32 Å². The molecule has 2 aromatic carbocycles. The van der Waals surface area contributed by atoms with E-state index in [1.54, 1.807) is 13.0 Å². The number of rotatable bonds is 2. The summed E-state index contributed by atoms with van der Waals surface area (Å²) in [6.45, 7) is 1.71. The lowest BCUT2D eigenvalue weighted by atomic mass is 10.1. The topological polar surface area (TPSA) is 29.1 Å². The summed E-state index contributed by atoms with van der Waals surface area (Å²) in [5.41, 5.74) is 0.463. The first kappa shape index (κ1) is 13.5. The second kappa shape index (κ2) is 5.36. The van der Waals surface area contributed by atoms with Crippen LogP contribution in [-0.2, 0) is 0 Å². The molecular weight excluding hydrogens is 272 g/mol. The molecule has 2 nitrogen and oxygen atoms in total. The third-order valence-electron chi connectivity index (χ3n) is 2.57. The number of halogens is 3. The van der Waals surface area contributed by atoms with Crippen molar-refractivity contribution < 1.29 is 13.6 Å². The molecule has 1 amide bonds. The maximum Gasteiger partial charge on any atom is 0.258 e. The highest BCUT2D eigenvalue weighted by molar-refractivity contribution is 6.31. The Morgan fingerprint density at radius 1 is 1.21 bits per heavy atom. The molecule has 0 aliphatic carbocycles. The Kier molecular flexibility index (Phi) is 3.81. The maximum absolute atomic E-state index is 13.6. The van der Waals surface area contributed by atoms with Crippen molar-refractivity contribution in [1.29, 1.82) is 0 Å². The molecule has 0 atom stereocenters. The summed E-state index contributed by atoms with van der Waals surface area (Å²) in [5, 5.41) is 2.18. The van der Waals surface area contributed by atoms with Crippen LogP contribution in [-0.4, -0.2) is 5.91 Å². The standard InChI is InChI=1S/C14H10ClF2NO/c1-8-5-6-9(11(16)7-8)14(19)18-12-4-2-3-10(15)13(12)17/h2-7H,1H3,(H,18,19). The van der Waals surface area contributed by atoms with Crippen LogP contribution in [0.4, 0.5) is 14.5 Å². The van der Waals surface area contributed by atoms with E-state index in [0.29, 0.717) is 5.56 Å². The van der Waals surface area contributed by atoms with E-state index in [-0.39, 0.29) is 16.3 Å². The Morgan fingerprint density at radius 3 is 2.63 bits per heavy atom. The van der Waals surface area contributed by atoms with Crippen molar-refractivity contribution in [3.05, 3.63) is 64.2 Å². The molecule has 0 aliphatic heterocycles. The lowest BCUT2D eigenvalue weighted by Crippen LogP contribution is -2.14. The Hall–Kier alpha value is -1.94. The fourth-order valence-corrected chi connectivity index (χ4v) is 1.77. The molecular formula is C14H10ClF2NO. The number of amides is 1. The van der Waals surface area contributed by atoms with Gasteiger partial charge in [-0.2, -0.15) is 0 Å². The summed E-state index contributed by atoms with van der Waals surface area (Å²) in [6.07, 6.45) is 0. The summed E-state index contributed by atoms with van der Waals surface area (Å²) in [4.78, 5) is 11.8. The van der Waals surface area contributed by atoms with Gasteiger partial charge in [-0.05, 0) is 36.8 Å². The van der Waals surface area contributed by atoms with Crippen LogP contribution in [0, 0.1) is 18.6 Å². The highest BCUT2D eigenvalue weighted by Crippen LogP contribution is 2.23. The van der Waals surface area contributed by atoms with Crippen molar-refractivity contribution in [1.82, 2.24) is 0 Å². The Balaban J connectivity index is 2.28. The smallest absolute Gasteiger partial charge is 0.258 e. The normalized spacial score (nSPS) is 10.3. The van der Waals surface area contributed by atoms with E-state index < -0.39 is 17.5 Å². The van der Waals surface area contributed by atoms with Crippen molar-refractivity contribution in [2.45, 2.75) is 6.92 Å². The van der Waals surface area contributed by atoms with E-state index in [2.05, 4.69) is 5.32 Å². The molecule has 0 radical (unpaired) electrons. The van der Waals surface area contributed by atoms with E-state index in [0.717, 1.165) is 0 Å². The molecule has 2 aromatic rings. The van der Waals surface area contributed by atoms with Gasteiger partial charge in [0.25, 0.3) is 5.91 Å². The third-order valence-corrected chi connectivity index (χ3v) is 2.86. The van der Waals surface area contributed by atoms with Crippen LogP contribution in [0.25, 0.3) is 0 Å². The van der Waals surface area contributed by atoms with Gasteiger partial charge in [-0.1, -0.05) is 23.7 Å². The van der Waals surface area contributed by atoms with Crippen LogP contribution in [0.5, 0.6) is 0 Å². The zero-order valence-electron chi connectivity index (χ0n) is 10.0. The van der Waals surface area contributed by atoms with Crippen molar-refractivity contribution in [2.75, 3.05) is 5.32 Å². The van der Waals surface area contributed by atoms with Crippen LogP contribution >= 0.6 is 11.6 Å². The van der Waals surface area contributed by atoms with Gasteiger partial charge in [0.2, 0.25) is 0 Å². The SMILES string of the molecule is Cc1ccc(C(=O)Nc2cccc(Cl)c2F)c(F)c1. The van der Waals surface area contributed by atoms with Gasteiger partial charge in [-0.15, -0.1) is 0 Å². The van der Waals surface area contributed by atoms with E-state index in [4.69, 9.17) is 11.6 Å². The zero-order valence-corrected chi connectivity index (χ0v) is 10.8. The second-order valence-corrected chi connectivity index (χ2v) is 4.45. The number of aryl methyl sites for hydroxylation is 1. The Morgan fingerprint density at radius 2 is 1.95 bits per heavy atom. The number of nitrogens with one attached hydrogen (secondary N) is 1. The minimum Gasteiger partial charge on any atom is -0.319 e. The fraction of sp³-hybridized carbons (Fsp3) is 0.0714. The Bertz CT molecular complexity index is 643. The molecule has 0 saturated carbocycles. The first-order chi connectivity index (χ1) is 8.99. The average Bonchev–Trinajstić information content (AvgIpc) is 2.34. The number of carbonyl (C=O) groups excluding carboxylic acids is 1. The molecule has 0 unspecified atom stereocenters. The lowest BCUT2D eigenvalue weighted by Gasteiger charge is -2.08. The van der Waals surface area contributed by atoms with E-state index in [1.807, 2.05) is 0 Å². The molecule has 0 spiro atoms. The van der Waals surface area contributed by atoms with E-state index in [1.165, 1.54) is 30.3 Å². The molecule has 19 heavy (non-hydrogen) atoms. The van der Waals surface area contributed by atoms with Crippen molar-refractivity contribution >= 4 is 23.2 Å². The summed E-state index contributed by atoms with van der Waals surface area (Å²) in [7, 11) is 0. The summed E-state index contributed by atoms with van der Waals surface area (Å²) in [6, 6.07) is 8.40. The predicted octanol–water partition coefficient (Wildman–Crippen LogP) is 4.18. The number of benzene rings is 2. The molecule has 0 bridgehead atoms. The molecule has 2 rings (SSSR count). The average molecular weight is 282 g/mol. The summed E-state index contributed by atoms with van der Waals surface area (Å²) >= 11 is 5.59. The zero-order chi connectivity index (χ0) is 14.0. The van der Waals surface area contributed by atoms with Gasteiger partial charge in [0.05, 0.1) is 16.3 Å². The van der Waals surface area contributed by atoms with Gasteiger partial charge in [0, 0.05) is 0 Å². The number of carbonyl (C=O) groups is 1. The molecule has 0 aromatic heterocycles. The van der Waals surface area contributed by atoms with Gasteiger partial charge in [-0.25, -0.2) is 8.78 Å². The molecule has 5 heteroatoms. The molecule has 0 aliphatic rings. The van der Waals surface area contributed by atoms with Crippen LogP contribution in [0.3, 0.4) is 0 Å². The third kappa shape index (κ3) is 2.90. The highest BCUT2D eigenvalue weighted by atomic mass is 35.5. The number of hydrogen-bond donors (Lipinski definition) is 1. The molecule has 1 N–H and O–H groups in total. The minimum atomic E-state index is -0.745. The first-order valence-corrected chi connectivity index (χ1v) is 5.88. The fourth-order valence-electron chi connectivity index (χ4n) is 1.59. The monoisotopic (exact) mass is 281 g/mol. The van der Waals surface area contributed by atoms with E-state index >= 15 is 0 Å². The number of anilines is 1. The molecule has 0 saturated heterocycles. The predicted molar refractivity (Wildman–Crippen MR) is 70.5 cm³/mol. The largest absolute Gasteiger partial charge is 0.319 e. The lowest BCUT2D eigenvalue weighted by molar-refractivity contribution is 0.102. The molecule has 0 fully saturated rings. The van der Waals surface area contributed by atoms with Gasteiger partial charge in [-0.3, -0.25) is 4.79 Å². The first-order valence-electron chi connectivity index (χ1n) is 5.50. The van der Waals surface area contributed by atoms with Gasteiger partial charge in [0.1, 0.15) is 5.82 Å². The molecule has 98 valence electrons. The second-order valence-electron chi connectivity index (χ2n) is 4.04. The minimum absolute atomic E-state index is 0.0857. The van der Waals surface area contributed by atoms with Gasteiger partial charge >= 0.3 is 0 Å². The van der Waals surface area contributed by atoms with Crippen LogP contribution < -0.4 is 5.32 Å². The van der Waals surface area contributed by atoms with Crippen molar-refractivity contribution in [2.24, 2.45) is 0 Å². The van der Waals surface area contributed by atoms with Crippen molar-refractivity contribution in [3.63, 3.8) is 0 Å². The quantitative estimate of drug-likeness (QED) is 0.879. The maximum atomic E-state index is 13.6. The van der Waals surface area contributed by atoms with Gasteiger partial charge in [0.15, 0.2) is 5.82 Å². The van der Waals surface area contributed by atoms with Crippen LogP contribution in [0.1, 0.15) is 15.9 Å². The molecule has 0 heterocycles. The van der Waals surface area contributed by atoms with E-state index in [9.17, 15) is 13.6 Å². The number of hydrogen-bond acceptors (Lipinski definition) is 1. The summed E-state index contributed by atoms with van der Waals surface area (Å²) in [5.74, 6) is -2.12. The summed E-state index contributed by atoms with van der Waals surface area (Å²) < 4.78 is 27.2. The van der Waals surface area contributed by atoms with Crippen molar-refractivity contribution in [3.8, 4) is 0 Å². The van der Waals surface area contributed by atoms with Crippen LogP contribution in [0.15, 0.2) is 36.4 Å². The highest BCUT2D eigenvalue weighted by Gasteiger charge is 2.14. The Labute approximate surface area is 114 Å².